The van der Waals surface area contributed by atoms with E-state index in [1.54, 1.807) is 0 Å². The maximum absolute atomic E-state index is 10.5. The van der Waals surface area contributed by atoms with Crippen molar-refractivity contribution in [2.45, 2.75) is 32.4 Å². The number of aliphatic hydroxyl groups is 1. The summed E-state index contributed by atoms with van der Waals surface area (Å²) < 4.78 is 0. The van der Waals surface area contributed by atoms with Crippen molar-refractivity contribution >= 4 is 16.7 Å². The third-order valence-corrected chi connectivity index (χ3v) is 6.13. The Labute approximate surface area is 181 Å². The molecule has 2 aromatic heterocycles. The second kappa shape index (κ2) is 7.80. The maximum Gasteiger partial charge on any atom is 0.142 e. The van der Waals surface area contributed by atoms with E-state index in [1.165, 1.54) is 5.56 Å². The van der Waals surface area contributed by atoms with Gasteiger partial charge in [0.15, 0.2) is 0 Å². The van der Waals surface area contributed by atoms with Gasteiger partial charge in [-0.1, -0.05) is 36.4 Å². The number of nitrogens with two attached hydrogens (primary N) is 1. The Morgan fingerprint density at radius 1 is 1.10 bits per heavy atom. The lowest BCUT2D eigenvalue weighted by molar-refractivity contribution is 0.132. The number of β-amino-alcohol motifs (C(OH)–C–C–N with tert-alkyl or cyclic N) is 1. The summed E-state index contributed by atoms with van der Waals surface area (Å²) in [5.74, 6) is 0.786. The number of piperidine rings is 1. The highest BCUT2D eigenvalue weighted by atomic mass is 16.3. The van der Waals surface area contributed by atoms with Crippen LogP contribution in [0.4, 0.5) is 5.69 Å². The normalized spacial score (nSPS) is 19.2. The van der Waals surface area contributed by atoms with Crippen molar-refractivity contribution in [3.63, 3.8) is 0 Å². The molecule has 0 amide bonds. The van der Waals surface area contributed by atoms with Crippen LogP contribution in [0.5, 0.6) is 0 Å². The van der Waals surface area contributed by atoms with E-state index < -0.39 is 6.10 Å². The molecule has 1 aliphatic rings. The van der Waals surface area contributed by atoms with Gasteiger partial charge in [-0.25, -0.2) is 4.98 Å². The van der Waals surface area contributed by atoms with Gasteiger partial charge in [0, 0.05) is 37.1 Å². The number of pyridine rings is 1. The molecule has 1 saturated heterocycles. The smallest absolute Gasteiger partial charge is 0.142 e. The second-order valence-corrected chi connectivity index (χ2v) is 8.48. The Balaban J connectivity index is 1.71. The molecule has 5 rings (SSSR count). The SMILES string of the molecule is Cc1cc(C)c2nc(-c3cncc(-c4ccccc4)c3N3CC[C@@H](N)[C@@H](O)C3)[nH]c2c1. The molecule has 0 bridgehead atoms. The number of imidazole rings is 1. The molecular formula is C25H27N5O. The molecule has 2 aromatic carbocycles. The Kier molecular flexibility index (Phi) is 4.96. The van der Waals surface area contributed by atoms with Gasteiger partial charge in [-0.05, 0) is 43.0 Å². The van der Waals surface area contributed by atoms with Gasteiger partial charge in [0.05, 0.1) is 28.4 Å². The molecule has 6 nitrogen and oxygen atoms in total. The number of hydrogen-bond donors (Lipinski definition) is 3. The molecule has 0 spiro atoms. The van der Waals surface area contributed by atoms with Gasteiger partial charge in [0.2, 0.25) is 0 Å². The number of nitrogens with zero attached hydrogens (tertiary/aromatic N) is 3. The average molecular weight is 414 g/mol. The van der Waals surface area contributed by atoms with Crippen LogP contribution in [0.15, 0.2) is 54.9 Å². The molecule has 1 aliphatic heterocycles. The lowest BCUT2D eigenvalue weighted by Gasteiger charge is -2.37. The van der Waals surface area contributed by atoms with Gasteiger partial charge in [-0.3, -0.25) is 4.98 Å². The molecule has 0 radical (unpaired) electrons. The Hall–Kier alpha value is -3.22. The highest BCUT2D eigenvalue weighted by Gasteiger charge is 2.29. The number of fused-ring (bicyclic) bond motifs is 1. The van der Waals surface area contributed by atoms with Crippen LogP contribution in [-0.2, 0) is 0 Å². The zero-order valence-electron chi connectivity index (χ0n) is 17.8. The van der Waals surface area contributed by atoms with E-state index in [0.29, 0.717) is 6.54 Å². The monoisotopic (exact) mass is 413 g/mol. The van der Waals surface area contributed by atoms with Crippen molar-refractivity contribution in [1.82, 2.24) is 15.0 Å². The predicted octanol–water partition coefficient (Wildman–Crippen LogP) is 3.81. The Morgan fingerprint density at radius 2 is 1.87 bits per heavy atom. The van der Waals surface area contributed by atoms with E-state index in [0.717, 1.165) is 57.8 Å². The fraction of sp³-hybridized carbons (Fsp3) is 0.280. The topological polar surface area (TPSA) is 91.1 Å². The quantitative estimate of drug-likeness (QED) is 0.475. The fourth-order valence-electron chi connectivity index (χ4n) is 4.55. The molecule has 158 valence electrons. The zero-order valence-corrected chi connectivity index (χ0v) is 17.8. The summed E-state index contributed by atoms with van der Waals surface area (Å²) >= 11 is 0. The first-order valence-corrected chi connectivity index (χ1v) is 10.7. The van der Waals surface area contributed by atoms with Crippen LogP contribution >= 0.6 is 0 Å². The first-order valence-electron chi connectivity index (χ1n) is 10.7. The van der Waals surface area contributed by atoms with Gasteiger partial charge < -0.3 is 20.7 Å². The van der Waals surface area contributed by atoms with Crippen LogP contribution in [0.3, 0.4) is 0 Å². The summed E-state index contributed by atoms with van der Waals surface area (Å²) in [4.78, 5) is 15.2. The largest absolute Gasteiger partial charge is 0.390 e. The number of benzene rings is 2. The number of aliphatic hydroxyl groups excluding tert-OH is 1. The van der Waals surface area contributed by atoms with Gasteiger partial charge in [0.25, 0.3) is 0 Å². The minimum absolute atomic E-state index is 0.196. The molecule has 0 unspecified atom stereocenters. The molecular weight excluding hydrogens is 386 g/mol. The fourth-order valence-corrected chi connectivity index (χ4v) is 4.55. The molecule has 0 saturated carbocycles. The van der Waals surface area contributed by atoms with E-state index in [-0.39, 0.29) is 6.04 Å². The van der Waals surface area contributed by atoms with E-state index in [2.05, 4.69) is 53.0 Å². The van der Waals surface area contributed by atoms with E-state index in [4.69, 9.17) is 10.7 Å². The van der Waals surface area contributed by atoms with Crippen LogP contribution in [0.1, 0.15) is 17.5 Å². The van der Waals surface area contributed by atoms with Crippen LogP contribution in [0, 0.1) is 13.8 Å². The zero-order chi connectivity index (χ0) is 21.5. The standard InChI is InChI=1S/C25H27N5O/c1-15-10-16(2)23-21(11-15)28-25(29-23)19-13-27-12-18(17-6-4-3-5-7-17)24(19)30-9-8-20(26)22(31)14-30/h3-7,10-13,20,22,31H,8-9,14,26H2,1-2H3,(H,28,29)/t20-,22+/m1/s1. The number of H-pyrrole nitrogens is 1. The molecule has 4 aromatic rings. The average Bonchev–Trinajstić information content (AvgIpc) is 3.20. The summed E-state index contributed by atoms with van der Waals surface area (Å²) in [5, 5.41) is 10.5. The molecule has 0 aliphatic carbocycles. The highest BCUT2D eigenvalue weighted by Crippen LogP contribution is 2.39. The summed E-state index contributed by atoms with van der Waals surface area (Å²) in [5.41, 5.74) is 14.5. The molecule has 2 atom stereocenters. The number of anilines is 1. The predicted molar refractivity (Wildman–Crippen MR) is 125 cm³/mol. The van der Waals surface area contributed by atoms with Crippen LogP contribution in [0.2, 0.25) is 0 Å². The molecule has 6 heteroatoms. The molecule has 31 heavy (non-hydrogen) atoms. The number of rotatable bonds is 3. The Bertz CT molecular complexity index is 1230. The van der Waals surface area contributed by atoms with Crippen LogP contribution in [0.25, 0.3) is 33.5 Å². The van der Waals surface area contributed by atoms with E-state index >= 15 is 0 Å². The van der Waals surface area contributed by atoms with Crippen molar-refractivity contribution in [1.29, 1.82) is 0 Å². The first kappa shape index (κ1) is 19.7. The summed E-state index contributed by atoms with van der Waals surface area (Å²) in [7, 11) is 0. The van der Waals surface area contributed by atoms with Crippen molar-refractivity contribution in [3.8, 4) is 22.5 Å². The number of aromatic amines is 1. The van der Waals surface area contributed by atoms with Crippen molar-refractivity contribution in [2.24, 2.45) is 5.73 Å². The van der Waals surface area contributed by atoms with E-state index in [9.17, 15) is 5.11 Å². The highest BCUT2D eigenvalue weighted by molar-refractivity contribution is 5.91. The summed E-state index contributed by atoms with van der Waals surface area (Å²) in [6.45, 7) is 5.43. The minimum atomic E-state index is -0.570. The first-order chi connectivity index (χ1) is 15.0. The second-order valence-electron chi connectivity index (χ2n) is 8.48. The maximum atomic E-state index is 10.5. The van der Waals surface area contributed by atoms with Crippen molar-refractivity contribution in [2.75, 3.05) is 18.0 Å². The number of nitrogens with one attached hydrogen (secondary N) is 1. The number of aryl methyl sites for hydroxylation is 2. The van der Waals surface area contributed by atoms with Gasteiger partial charge in [-0.15, -0.1) is 0 Å². The lowest BCUT2D eigenvalue weighted by Crippen LogP contribution is -2.50. The van der Waals surface area contributed by atoms with Gasteiger partial charge >= 0.3 is 0 Å². The minimum Gasteiger partial charge on any atom is -0.390 e. The molecule has 4 N–H and O–H groups in total. The summed E-state index contributed by atoms with van der Waals surface area (Å²) in [6, 6.07) is 14.3. The summed E-state index contributed by atoms with van der Waals surface area (Å²) in [6.07, 6.45) is 3.92. The number of hydrogen-bond acceptors (Lipinski definition) is 5. The van der Waals surface area contributed by atoms with Crippen molar-refractivity contribution < 1.29 is 5.11 Å². The number of aromatic nitrogens is 3. The Morgan fingerprint density at radius 3 is 2.65 bits per heavy atom. The van der Waals surface area contributed by atoms with Crippen molar-refractivity contribution in [3.05, 3.63) is 66.0 Å². The van der Waals surface area contributed by atoms with E-state index in [1.807, 2.05) is 30.6 Å². The molecule has 1 fully saturated rings. The molecule has 3 heterocycles. The van der Waals surface area contributed by atoms with Gasteiger partial charge in [-0.2, -0.15) is 0 Å². The third-order valence-electron chi connectivity index (χ3n) is 6.13. The third kappa shape index (κ3) is 3.58. The van der Waals surface area contributed by atoms with Crippen LogP contribution < -0.4 is 10.6 Å². The lowest BCUT2D eigenvalue weighted by atomic mass is 9.97. The van der Waals surface area contributed by atoms with Gasteiger partial charge in [0.1, 0.15) is 5.82 Å². The van der Waals surface area contributed by atoms with Crippen LogP contribution in [-0.4, -0.2) is 45.3 Å².